The van der Waals surface area contributed by atoms with Gasteiger partial charge in [0.15, 0.2) is 6.29 Å². The Balaban J connectivity index is 1.71. The molecule has 1 heterocycles. The number of nitrogens with one attached hydrogen (secondary N) is 1. The van der Waals surface area contributed by atoms with E-state index in [1.54, 1.807) is 0 Å². The van der Waals surface area contributed by atoms with Gasteiger partial charge in [-0.15, -0.1) is 0 Å². The van der Waals surface area contributed by atoms with Gasteiger partial charge < -0.3 is 10.2 Å². The first-order valence-electron chi connectivity index (χ1n) is 8.20. The fourth-order valence-corrected chi connectivity index (χ4v) is 3.13. The van der Waals surface area contributed by atoms with Crippen LogP contribution in [0.15, 0.2) is 48.5 Å². The highest BCUT2D eigenvalue weighted by molar-refractivity contribution is 5.85. The van der Waals surface area contributed by atoms with Crippen LogP contribution in [0.2, 0.25) is 0 Å². The monoisotopic (exact) mass is 348 g/mol. The quantitative estimate of drug-likeness (QED) is 0.820. The molecule has 132 valence electrons. The van der Waals surface area contributed by atoms with Crippen molar-refractivity contribution < 1.29 is 18.0 Å². The average Bonchev–Trinajstić information content (AvgIpc) is 2.62. The number of hydrogen-bond acceptors (Lipinski definition) is 3. The Hall–Kier alpha value is -2.50. The van der Waals surface area contributed by atoms with Gasteiger partial charge in [-0.2, -0.15) is 13.2 Å². The second kappa shape index (κ2) is 7.17. The topological polar surface area (TPSA) is 32.3 Å². The van der Waals surface area contributed by atoms with Crippen molar-refractivity contribution in [2.45, 2.75) is 25.1 Å². The van der Waals surface area contributed by atoms with Gasteiger partial charge in [0.2, 0.25) is 0 Å². The van der Waals surface area contributed by atoms with E-state index >= 15 is 0 Å². The molecule has 6 heteroatoms. The van der Waals surface area contributed by atoms with E-state index in [1.807, 2.05) is 35.2 Å². The molecule has 3 rings (SSSR count). The Morgan fingerprint density at radius 1 is 1.04 bits per heavy atom. The highest BCUT2D eigenvalue weighted by atomic mass is 19.4. The van der Waals surface area contributed by atoms with Gasteiger partial charge in [0.1, 0.15) is 0 Å². The molecule has 0 aromatic heterocycles. The molecule has 0 atom stereocenters. The Bertz CT molecular complexity index is 723. The number of piperidine rings is 1. The summed E-state index contributed by atoms with van der Waals surface area (Å²) in [5.41, 5.74) is 0.969. The lowest BCUT2D eigenvalue weighted by molar-refractivity contribution is -0.137. The van der Waals surface area contributed by atoms with E-state index in [1.165, 1.54) is 6.07 Å². The second-order valence-electron chi connectivity index (χ2n) is 6.16. The van der Waals surface area contributed by atoms with Gasteiger partial charge in [-0.3, -0.25) is 4.79 Å². The number of halogens is 3. The number of benzene rings is 2. The largest absolute Gasteiger partial charge is 0.416 e. The lowest BCUT2D eigenvalue weighted by atomic mass is 10.0. The molecule has 1 N–H and O–H groups in total. The first-order valence-corrected chi connectivity index (χ1v) is 8.20. The first kappa shape index (κ1) is 17.3. The fraction of sp³-hybridized carbons (Fsp3) is 0.316. The molecule has 0 spiro atoms. The summed E-state index contributed by atoms with van der Waals surface area (Å²) >= 11 is 0. The summed E-state index contributed by atoms with van der Waals surface area (Å²) in [7, 11) is 0. The van der Waals surface area contributed by atoms with Crippen molar-refractivity contribution in [2.75, 3.05) is 23.3 Å². The molecule has 0 amide bonds. The zero-order valence-electron chi connectivity index (χ0n) is 13.6. The van der Waals surface area contributed by atoms with Gasteiger partial charge in [0.05, 0.1) is 5.56 Å². The van der Waals surface area contributed by atoms with Gasteiger partial charge >= 0.3 is 6.18 Å². The number of carbonyl (C=O) groups excluding carboxylic acids is 1. The normalized spacial score (nSPS) is 15.9. The molecule has 1 saturated heterocycles. The molecule has 2 aromatic carbocycles. The highest BCUT2D eigenvalue weighted by Gasteiger charge is 2.32. The van der Waals surface area contributed by atoms with Crippen LogP contribution in [0.3, 0.4) is 0 Å². The summed E-state index contributed by atoms with van der Waals surface area (Å²) in [6.07, 6.45) is -2.21. The third-order valence-corrected chi connectivity index (χ3v) is 4.46. The Morgan fingerprint density at radius 2 is 1.72 bits per heavy atom. The summed E-state index contributed by atoms with van der Waals surface area (Å²) in [6, 6.07) is 13.4. The highest BCUT2D eigenvalue weighted by Crippen LogP contribution is 2.34. The molecule has 2 aromatic rings. The molecule has 1 aliphatic rings. The average molecular weight is 348 g/mol. The van der Waals surface area contributed by atoms with Crippen molar-refractivity contribution in [1.82, 2.24) is 0 Å². The van der Waals surface area contributed by atoms with Crippen LogP contribution in [-0.4, -0.2) is 25.4 Å². The Morgan fingerprint density at radius 3 is 2.32 bits per heavy atom. The minimum Gasteiger partial charge on any atom is -0.382 e. The molecule has 0 saturated carbocycles. The second-order valence-corrected chi connectivity index (χ2v) is 6.16. The first-order chi connectivity index (χ1) is 12.0. The smallest absolute Gasteiger partial charge is 0.382 e. The molecule has 1 fully saturated rings. The predicted octanol–water partition coefficient (Wildman–Crippen LogP) is 4.60. The molecule has 25 heavy (non-hydrogen) atoms. The van der Waals surface area contributed by atoms with Gasteiger partial charge in [-0.25, -0.2) is 0 Å². The summed E-state index contributed by atoms with van der Waals surface area (Å²) in [4.78, 5) is 13.1. The summed E-state index contributed by atoms with van der Waals surface area (Å²) in [6.45, 7) is 1.21. The third-order valence-electron chi connectivity index (χ3n) is 4.46. The zero-order chi connectivity index (χ0) is 17.9. The lowest BCUT2D eigenvalue weighted by Crippen LogP contribution is -2.39. The van der Waals surface area contributed by atoms with E-state index in [9.17, 15) is 18.0 Å². The molecule has 0 radical (unpaired) electrons. The van der Waals surface area contributed by atoms with Crippen molar-refractivity contribution >= 4 is 17.7 Å². The molecule has 1 aliphatic heterocycles. The molecule has 0 unspecified atom stereocenters. The number of aldehydes is 1. The predicted molar refractivity (Wildman–Crippen MR) is 92.1 cm³/mol. The summed E-state index contributed by atoms with van der Waals surface area (Å²) in [5.74, 6) is 0. The fourth-order valence-electron chi connectivity index (χ4n) is 3.13. The maximum atomic E-state index is 13.0. The third kappa shape index (κ3) is 4.13. The number of nitrogens with zero attached hydrogens (tertiary/aromatic N) is 1. The number of hydrogen-bond donors (Lipinski definition) is 1. The van der Waals surface area contributed by atoms with Crippen LogP contribution in [0, 0.1) is 0 Å². The Kier molecular flexibility index (Phi) is 4.97. The van der Waals surface area contributed by atoms with Crippen LogP contribution in [0.5, 0.6) is 0 Å². The van der Waals surface area contributed by atoms with Gasteiger partial charge in [0.25, 0.3) is 0 Å². The van der Waals surface area contributed by atoms with E-state index in [4.69, 9.17) is 0 Å². The van der Waals surface area contributed by atoms with Crippen LogP contribution in [-0.2, 0) is 6.18 Å². The number of carbonyl (C=O) groups is 1. The number of para-hydroxylation sites is 1. The standard InChI is InChI=1S/C19H19F3N2O/c20-19(21,22)15-7-6-14(13-25)18(12-15)24-10-8-17(9-11-24)23-16-4-2-1-3-5-16/h1-7,12-13,17,23H,8-11H2. The van der Waals surface area contributed by atoms with Gasteiger partial charge in [-0.1, -0.05) is 18.2 Å². The van der Waals surface area contributed by atoms with E-state index in [2.05, 4.69) is 5.32 Å². The molecule has 0 bridgehead atoms. The van der Waals surface area contributed by atoms with Crippen LogP contribution in [0.1, 0.15) is 28.8 Å². The van der Waals surface area contributed by atoms with Crippen LogP contribution in [0.25, 0.3) is 0 Å². The van der Waals surface area contributed by atoms with Crippen molar-refractivity contribution in [3.05, 3.63) is 59.7 Å². The van der Waals surface area contributed by atoms with Crippen molar-refractivity contribution in [1.29, 1.82) is 0 Å². The lowest BCUT2D eigenvalue weighted by Gasteiger charge is -2.35. The molecule has 0 aliphatic carbocycles. The number of alkyl halides is 3. The van der Waals surface area contributed by atoms with Crippen molar-refractivity contribution in [3.8, 4) is 0 Å². The Labute approximate surface area is 144 Å². The van der Waals surface area contributed by atoms with Crippen LogP contribution in [0.4, 0.5) is 24.5 Å². The van der Waals surface area contributed by atoms with Crippen LogP contribution < -0.4 is 10.2 Å². The minimum absolute atomic E-state index is 0.268. The van der Waals surface area contributed by atoms with E-state index in [0.29, 0.717) is 30.6 Å². The zero-order valence-corrected chi connectivity index (χ0v) is 13.6. The maximum absolute atomic E-state index is 13.0. The van der Waals surface area contributed by atoms with Gasteiger partial charge in [0, 0.05) is 36.1 Å². The van der Waals surface area contributed by atoms with Crippen molar-refractivity contribution in [2.24, 2.45) is 0 Å². The molecular weight excluding hydrogens is 329 g/mol. The van der Waals surface area contributed by atoms with E-state index in [-0.39, 0.29) is 6.04 Å². The summed E-state index contributed by atoms with van der Waals surface area (Å²) < 4.78 is 38.9. The van der Waals surface area contributed by atoms with Crippen LogP contribution >= 0.6 is 0 Å². The minimum atomic E-state index is -4.41. The maximum Gasteiger partial charge on any atom is 0.416 e. The number of anilines is 2. The number of rotatable bonds is 4. The van der Waals surface area contributed by atoms with E-state index in [0.717, 1.165) is 30.7 Å². The SMILES string of the molecule is O=Cc1ccc(C(F)(F)F)cc1N1CCC(Nc2ccccc2)CC1. The summed E-state index contributed by atoms with van der Waals surface area (Å²) in [5, 5.41) is 3.44. The molecular formula is C19H19F3N2O. The van der Waals surface area contributed by atoms with E-state index < -0.39 is 11.7 Å². The van der Waals surface area contributed by atoms with Crippen molar-refractivity contribution in [3.63, 3.8) is 0 Å². The molecule has 3 nitrogen and oxygen atoms in total. The van der Waals surface area contributed by atoms with Gasteiger partial charge in [-0.05, 0) is 43.2 Å².